The summed E-state index contributed by atoms with van der Waals surface area (Å²) in [5, 5.41) is 21.4. The number of nitrogens with one attached hydrogen (secondary N) is 1. The lowest BCUT2D eigenvalue weighted by molar-refractivity contribution is 0.00111. The Morgan fingerprint density at radius 3 is 2.53 bits per heavy atom. The summed E-state index contributed by atoms with van der Waals surface area (Å²) < 4.78 is 27.2. The highest BCUT2D eigenvalue weighted by atomic mass is 35.5. The van der Waals surface area contributed by atoms with Crippen LogP contribution in [0.5, 0.6) is 0 Å². The van der Waals surface area contributed by atoms with Gasteiger partial charge in [0.2, 0.25) is 0 Å². The third-order valence-corrected chi connectivity index (χ3v) is 5.69. The van der Waals surface area contributed by atoms with Gasteiger partial charge in [-0.15, -0.1) is 0 Å². The van der Waals surface area contributed by atoms with Crippen molar-refractivity contribution in [2.24, 2.45) is 0 Å². The number of nitrogens with zero attached hydrogens (tertiary/aromatic N) is 2. The number of halogens is 3. The van der Waals surface area contributed by atoms with Crippen LogP contribution in [0.3, 0.4) is 0 Å². The van der Waals surface area contributed by atoms with Crippen LogP contribution in [0.25, 0.3) is 10.9 Å². The first-order chi connectivity index (χ1) is 14.3. The Labute approximate surface area is 176 Å². The van der Waals surface area contributed by atoms with Crippen molar-refractivity contribution in [1.82, 2.24) is 9.88 Å². The van der Waals surface area contributed by atoms with Gasteiger partial charge in [-0.1, -0.05) is 11.6 Å². The Morgan fingerprint density at radius 1 is 1.13 bits per heavy atom. The van der Waals surface area contributed by atoms with Gasteiger partial charge in [-0.25, -0.2) is 13.6 Å². The monoisotopic (exact) mass is 435 g/mol. The van der Waals surface area contributed by atoms with E-state index in [9.17, 15) is 23.8 Å². The number of aromatic carboxylic acids is 1. The molecule has 4 rings (SSSR count). The zero-order valence-electron chi connectivity index (χ0n) is 15.9. The summed E-state index contributed by atoms with van der Waals surface area (Å²) in [5.74, 6) is -2.36. The van der Waals surface area contributed by atoms with Gasteiger partial charge >= 0.3 is 5.97 Å². The topological polar surface area (TPSA) is 79.8 Å². The maximum atomic E-state index is 14.0. The maximum absolute atomic E-state index is 14.0. The maximum Gasteiger partial charge on any atom is 0.352 e. The van der Waals surface area contributed by atoms with E-state index in [4.69, 9.17) is 11.6 Å². The number of aromatic amines is 1. The number of H-pyrrole nitrogens is 1. The molecular formula is C21H20ClF2N3O3. The molecule has 1 aliphatic heterocycles. The largest absolute Gasteiger partial charge is 0.477 e. The molecule has 30 heavy (non-hydrogen) atoms. The fraction of sp³-hybridized carbons (Fsp3) is 0.286. The molecule has 3 aromatic rings. The summed E-state index contributed by atoms with van der Waals surface area (Å²) in [5.41, 5.74) is 1.47. The molecule has 0 aliphatic carbocycles. The highest BCUT2D eigenvalue weighted by molar-refractivity contribution is 6.31. The van der Waals surface area contributed by atoms with Crippen molar-refractivity contribution >= 4 is 34.2 Å². The minimum atomic E-state index is -1.11. The SMILES string of the molecule is O=C(O)c1[nH]c2ccc(Cl)cc2c1CC(O)N1CCN(c2ccc(F)cc2F)CC1. The molecule has 1 saturated heterocycles. The van der Waals surface area contributed by atoms with Crippen molar-refractivity contribution in [3.8, 4) is 0 Å². The second-order valence-corrected chi connectivity index (χ2v) is 7.71. The second-order valence-electron chi connectivity index (χ2n) is 7.28. The molecule has 0 bridgehead atoms. The Bertz CT molecular complexity index is 1100. The van der Waals surface area contributed by atoms with E-state index < -0.39 is 23.8 Å². The van der Waals surface area contributed by atoms with E-state index in [1.165, 1.54) is 12.1 Å². The van der Waals surface area contributed by atoms with Gasteiger partial charge in [-0.3, -0.25) is 4.90 Å². The molecule has 0 spiro atoms. The van der Waals surface area contributed by atoms with Crippen LogP contribution in [0.1, 0.15) is 16.1 Å². The molecule has 2 aromatic carbocycles. The Morgan fingerprint density at radius 2 is 1.87 bits per heavy atom. The molecule has 6 nitrogen and oxygen atoms in total. The molecule has 158 valence electrons. The number of hydrogen-bond donors (Lipinski definition) is 3. The summed E-state index contributed by atoms with van der Waals surface area (Å²) >= 11 is 6.07. The van der Waals surface area contributed by atoms with Gasteiger partial charge in [0, 0.05) is 54.6 Å². The zero-order valence-corrected chi connectivity index (χ0v) is 16.7. The minimum absolute atomic E-state index is 0.0262. The number of piperazine rings is 1. The van der Waals surface area contributed by atoms with E-state index in [0.29, 0.717) is 53.4 Å². The molecule has 1 fully saturated rings. The lowest BCUT2D eigenvalue weighted by atomic mass is 10.1. The molecule has 0 radical (unpaired) electrons. The predicted molar refractivity (Wildman–Crippen MR) is 110 cm³/mol. The number of benzene rings is 2. The van der Waals surface area contributed by atoms with Crippen LogP contribution in [0.15, 0.2) is 36.4 Å². The van der Waals surface area contributed by atoms with Gasteiger partial charge in [0.05, 0.1) is 5.69 Å². The molecule has 1 atom stereocenters. The molecule has 1 aromatic heterocycles. The third-order valence-electron chi connectivity index (χ3n) is 5.45. The number of anilines is 1. The number of carboxylic acids is 1. The molecular weight excluding hydrogens is 416 g/mol. The lowest BCUT2D eigenvalue weighted by Gasteiger charge is -2.38. The quantitative estimate of drug-likeness (QED) is 0.572. The number of carboxylic acid groups (broad SMARTS) is 1. The van der Waals surface area contributed by atoms with E-state index in [2.05, 4.69) is 4.98 Å². The predicted octanol–water partition coefficient (Wildman–Crippen LogP) is 3.48. The van der Waals surface area contributed by atoms with Gasteiger partial charge in [0.1, 0.15) is 23.6 Å². The number of rotatable bonds is 5. The van der Waals surface area contributed by atoms with Crippen molar-refractivity contribution in [1.29, 1.82) is 0 Å². The summed E-state index contributed by atoms with van der Waals surface area (Å²) in [6, 6.07) is 8.53. The molecule has 9 heteroatoms. The van der Waals surface area contributed by atoms with Crippen molar-refractivity contribution < 1.29 is 23.8 Å². The molecule has 1 unspecified atom stereocenters. The van der Waals surface area contributed by atoms with Crippen LogP contribution >= 0.6 is 11.6 Å². The molecule has 3 N–H and O–H groups in total. The van der Waals surface area contributed by atoms with E-state index in [1.807, 2.05) is 4.90 Å². The number of carbonyl (C=O) groups is 1. The number of fused-ring (bicyclic) bond motifs is 1. The average molecular weight is 436 g/mol. The van der Waals surface area contributed by atoms with E-state index >= 15 is 0 Å². The van der Waals surface area contributed by atoms with Crippen molar-refractivity contribution in [2.45, 2.75) is 12.6 Å². The standard InChI is InChI=1S/C21H20ClF2N3O3/c22-12-1-3-17-14(9-12)15(20(25-17)21(29)30)11-19(28)27-7-5-26(6-8-27)18-4-2-13(23)10-16(18)24/h1-4,9-10,19,25,28H,5-8,11H2,(H,29,30). The summed E-state index contributed by atoms with van der Waals surface area (Å²) in [7, 11) is 0. The smallest absolute Gasteiger partial charge is 0.352 e. The van der Waals surface area contributed by atoms with Crippen LogP contribution in [0.2, 0.25) is 5.02 Å². The number of aromatic nitrogens is 1. The van der Waals surface area contributed by atoms with Gasteiger partial charge in [-0.2, -0.15) is 0 Å². The van der Waals surface area contributed by atoms with Crippen LogP contribution in [0.4, 0.5) is 14.5 Å². The summed E-state index contributed by atoms with van der Waals surface area (Å²) in [6.45, 7) is 1.79. The summed E-state index contributed by atoms with van der Waals surface area (Å²) in [4.78, 5) is 18.1. The molecule has 1 aliphatic rings. The van der Waals surface area contributed by atoms with Crippen LogP contribution in [-0.2, 0) is 6.42 Å². The Balaban J connectivity index is 1.49. The van der Waals surface area contributed by atoms with Crippen molar-refractivity contribution in [3.05, 3.63) is 64.3 Å². The lowest BCUT2D eigenvalue weighted by Crippen LogP contribution is -2.51. The van der Waals surface area contributed by atoms with Gasteiger partial charge in [0.25, 0.3) is 0 Å². The average Bonchev–Trinajstić information content (AvgIpc) is 3.06. The normalized spacial score (nSPS) is 16.2. The van der Waals surface area contributed by atoms with Gasteiger partial charge in [0.15, 0.2) is 0 Å². The summed E-state index contributed by atoms with van der Waals surface area (Å²) in [6.07, 6.45) is -0.811. The first-order valence-corrected chi connectivity index (χ1v) is 9.87. The fourth-order valence-corrected chi connectivity index (χ4v) is 4.10. The van der Waals surface area contributed by atoms with Crippen LogP contribution in [-0.4, -0.2) is 58.5 Å². The third kappa shape index (κ3) is 3.98. The number of hydrogen-bond acceptors (Lipinski definition) is 4. The van der Waals surface area contributed by atoms with Crippen molar-refractivity contribution in [2.75, 3.05) is 31.1 Å². The number of aliphatic hydroxyl groups is 1. The zero-order chi connectivity index (χ0) is 21.4. The number of aliphatic hydroxyl groups excluding tert-OH is 1. The van der Waals surface area contributed by atoms with Gasteiger partial charge in [-0.05, 0) is 35.9 Å². The molecule has 0 amide bonds. The van der Waals surface area contributed by atoms with Gasteiger partial charge < -0.3 is 20.1 Å². The molecule has 0 saturated carbocycles. The van der Waals surface area contributed by atoms with E-state index in [0.717, 1.165) is 6.07 Å². The highest BCUT2D eigenvalue weighted by Gasteiger charge is 2.27. The Hall–Kier alpha value is -2.68. The van der Waals surface area contributed by atoms with Crippen LogP contribution < -0.4 is 4.90 Å². The Kier molecular flexibility index (Phi) is 5.64. The van der Waals surface area contributed by atoms with E-state index in [1.54, 1.807) is 23.1 Å². The van der Waals surface area contributed by atoms with Crippen molar-refractivity contribution in [3.63, 3.8) is 0 Å². The second kappa shape index (κ2) is 8.22. The van der Waals surface area contributed by atoms with E-state index in [-0.39, 0.29) is 12.1 Å². The molecule has 2 heterocycles. The first kappa shape index (κ1) is 20.6. The fourth-order valence-electron chi connectivity index (χ4n) is 3.92. The minimum Gasteiger partial charge on any atom is -0.477 e. The first-order valence-electron chi connectivity index (χ1n) is 9.49. The highest BCUT2D eigenvalue weighted by Crippen LogP contribution is 2.28. The van der Waals surface area contributed by atoms with Crippen LogP contribution in [0, 0.1) is 11.6 Å².